The van der Waals surface area contributed by atoms with Gasteiger partial charge < -0.3 is 14.8 Å². The SMILES string of the molecule is CNc1nc(-c2ccc(F)c(OC)c2)nc2c1COCC2. The molecule has 110 valence electrons. The van der Waals surface area contributed by atoms with Crippen LogP contribution in [-0.4, -0.2) is 30.7 Å². The van der Waals surface area contributed by atoms with Gasteiger partial charge in [-0.1, -0.05) is 0 Å². The Morgan fingerprint density at radius 3 is 2.95 bits per heavy atom. The summed E-state index contributed by atoms with van der Waals surface area (Å²) in [5, 5.41) is 3.07. The molecule has 1 aromatic heterocycles. The summed E-state index contributed by atoms with van der Waals surface area (Å²) in [4.78, 5) is 9.09. The molecule has 1 aliphatic rings. The van der Waals surface area contributed by atoms with Gasteiger partial charge in [0.05, 0.1) is 26.0 Å². The average Bonchev–Trinajstić information content (AvgIpc) is 2.54. The van der Waals surface area contributed by atoms with Crippen LogP contribution in [0.25, 0.3) is 11.4 Å². The average molecular weight is 289 g/mol. The summed E-state index contributed by atoms with van der Waals surface area (Å²) in [7, 11) is 3.25. The first kappa shape index (κ1) is 13.8. The van der Waals surface area contributed by atoms with Crippen LogP contribution in [0.2, 0.25) is 0 Å². The quantitative estimate of drug-likeness (QED) is 0.940. The number of fused-ring (bicyclic) bond motifs is 1. The predicted octanol–water partition coefficient (Wildman–Crippen LogP) is 2.41. The van der Waals surface area contributed by atoms with E-state index >= 15 is 0 Å². The van der Waals surface area contributed by atoms with Crippen molar-refractivity contribution in [1.29, 1.82) is 0 Å². The third-order valence-corrected chi connectivity index (χ3v) is 3.47. The number of nitrogens with one attached hydrogen (secondary N) is 1. The topological polar surface area (TPSA) is 56.3 Å². The maximum absolute atomic E-state index is 13.5. The van der Waals surface area contributed by atoms with E-state index in [4.69, 9.17) is 9.47 Å². The van der Waals surface area contributed by atoms with E-state index in [1.807, 2.05) is 7.05 Å². The summed E-state index contributed by atoms with van der Waals surface area (Å²) in [5.41, 5.74) is 2.68. The molecule has 3 rings (SSSR count). The van der Waals surface area contributed by atoms with Crippen molar-refractivity contribution >= 4 is 5.82 Å². The summed E-state index contributed by atoms with van der Waals surface area (Å²) < 4.78 is 24.0. The Labute approximate surface area is 122 Å². The van der Waals surface area contributed by atoms with Crippen LogP contribution < -0.4 is 10.1 Å². The fourth-order valence-corrected chi connectivity index (χ4v) is 2.37. The van der Waals surface area contributed by atoms with E-state index in [-0.39, 0.29) is 5.75 Å². The molecule has 0 saturated heterocycles. The lowest BCUT2D eigenvalue weighted by atomic mass is 10.1. The van der Waals surface area contributed by atoms with Crippen molar-refractivity contribution in [1.82, 2.24) is 9.97 Å². The van der Waals surface area contributed by atoms with Gasteiger partial charge in [-0.25, -0.2) is 14.4 Å². The normalized spacial score (nSPS) is 13.7. The third kappa shape index (κ3) is 2.54. The van der Waals surface area contributed by atoms with Gasteiger partial charge in [-0.2, -0.15) is 0 Å². The van der Waals surface area contributed by atoms with Gasteiger partial charge in [0, 0.05) is 24.6 Å². The van der Waals surface area contributed by atoms with Gasteiger partial charge in [0.25, 0.3) is 0 Å². The summed E-state index contributed by atoms with van der Waals surface area (Å²) in [6.45, 7) is 1.16. The van der Waals surface area contributed by atoms with E-state index < -0.39 is 5.82 Å². The largest absolute Gasteiger partial charge is 0.494 e. The number of benzene rings is 1. The highest BCUT2D eigenvalue weighted by molar-refractivity contribution is 5.62. The van der Waals surface area contributed by atoms with Crippen molar-refractivity contribution in [2.24, 2.45) is 0 Å². The number of methoxy groups -OCH3 is 1. The van der Waals surface area contributed by atoms with Crippen LogP contribution in [-0.2, 0) is 17.8 Å². The second-order valence-electron chi connectivity index (χ2n) is 4.72. The second kappa shape index (κ2) is 5.65. The molecule has 0 bridgehead atoms. The fourth-order valence-electron chi connectivity index (χ4n) is 2.37. The molecule has 0 fully saturated rings. The molecule has 6 heteroatoms. The van der Waals surface area contributed by atoms with E-state index in [9.17, 15) is 4.39 Å². The van der Waals surface area contributed by atoms with E-state index in [1.54, 1.807) is 12.1 Å². The van der Waals surface area contributed by atoms with Crippen molar-refractivity contribution < 1.29 is 13.9 Å². The van der Waals surface area contributed by atoms with E-state index in [1.165, 1.54) is 13.2 Å². The molecule has 0 radical (unpaired) electrons. The second-order valence-corrected chi connectivity index (χ2v) is 4.72. The summed E-state index contributed by atoms with van der Waals surface area (Å²) in [6.07, 6.45) is 0.748. The predicted molar refractivity (Wildman–Crippen MR) is 76.9 cm³/mol. The van der Waals surface area contributed by atoms with Crippen LogP contribution in [0.5, 0.6) is 5.75 Å². The first-order valence-electron chi connectivity index (χ1n) is 6.72. The van der Waals surface area contributed by atoms with Crippen LogP contribution in [0.1, 0.15) is 11.3 Å². The molecule has 1 N–H and O–H groups in total. The maximum atomic E-state index is 13.5. The van der Waals surface area contributed by atoms with Gasteiger partial charge in [0.1, 0.15) is 5.82 Å². The molecule has 0 aliphatic carbocycles. The molecular formula is C15H16FN3O2. The molecule has 0 spiro atoms. The smallest absolute Gasteiger partial charge is 0.165 e. The Hall–Kier alpha value is -2.21. The number of aromatic nitrogens is 2. The van der Waals surface area contributed by atoms with Gasteiger partial charge in [-0.3, -0.25) is 0 Å². The van der Waals surface area contributed by atoms with E-state index in [0.717, 1.165) is 29.1 Å². The number of hydrogen-bond acceptors (Lipinski definition) is 5. The molecule has 21 heavy (non-hydrogen) atoms. The number of ether oxygens (including phenoxy) is 2. The third-order valence-electron chi connectivity index (χ3n) is 3.47. The minimum atomic E-state index is -0.401. The van der Waals surface area contributed by atoms with Crippen molar-refractivity contribution in [2.45, 2.75) is 13.0 Å². The molecule has 1 aromatic carbocycles. The lowest BCUT2D eigenvalue weighted by Gasteiger charge is -2.19. The van der Waals surface area contributed by atoms with E-state index in [0.29, 0.717) is 19.0 Å². The Morgan fingerprint density at radius 2 is 2.19 bits per heavy atom. The van der Waals surface area contributed by atoms with Crippen LogP contribution in [0, 0.1) is 5.82 Å². The van der Waals surface area contributed by atoms with Gasteiger partial charge >= 0.3 is 0 Å². The Balaban J connectivity index is 2.10. The lowest BCUT2D eigenvalue weighted by molar-refractivity contribution is 0.109. The molecule has 2 heterocycles. The molecule has 5 nitrogen and oxygen atoms in total. The molecule has 1 aliphatic heterocycles. The standard InChI is InChI=1S/C15H16FN3O2/c1-17-15-10-8-21-6-5-12(10)18-14(19-15)9-3-4-11(16)13(7-9)20-2/h3-4,7H,5-6,8H2,1-2H3,(H,17,18,19). The molecule has 0 atom stereocenters. The number of anilines is 1. The minimum Gasteiger partial charge on any atom is -0.494 e. The molecule has 0 unspecified atom stereocenters. The first-order chi connectivity index (χ1) is 10.2. The minimum absolute atomic E-state index is 0.183. The maximum Gasteiger partial charge on any atom is 0.165 e. The highest BCUT2D eigenvalue weighted by Gasteiger charge is 2.18. The fraction of sp³-hybridized carbons (Fsp3) is 0.333. The van der Waals surface area contributed by atoms with Gasteiger partial charge in [-0.15, -0.1) is 0 Å². The summed E-state index contributed by atoms with van der Waals surface area (Å²) >= 11 is 0. The zero-order valence-electron chi connectivity index (χ0n) is 11.9. The first-order valence-corrected chi connectivity index (χ1v) is 6.72. The summed E-state index contributed by atoms with van der Waals surface area (Å²) in [5.74, 6) is 1.08. The van der Waals surface area contributed by atoms with Crippen molar-refractivity contribution in [3.63, 3.8) is 0 Å². The van der Waals surface area contributed by atoms with Crippen LogP contribution in [0.15, 0.2) is 18.2 Å². The number of hydrogen-bond donors (Lipinski definition) is 1. The Morgan fingerprint density at radius 1 is 1.33 bits per heavy atom. The number of nitrogens with zero attached hydrogens (tertiary/aromatic N) is 2. The number of rotatable bonds is 3. The zero-order chi connectivity index (χ0) is 14.8. The zero-order valence-corrected chi connectivity index (χ0v) is 11.9. The van der Waals surface area contributed by atoms with Crippen molar-refractivity contribution in [3.8, 4) is 17.1 Å². The van der Waals surface area contributed by atoms with Gasteiger partial charge in [0.2, 0.25) is 0 Å². The van der Waals surface area contributed by atoms with Crippen LogP contribution >= 0.6 is 0 Å². The molecule has 0 saturated carbocycles. The van der Waals surface area contributed by atoms with E-state index in [2.05, 4.69) is 15.3 Å². The highest BCUT2D eigenvalue weighted by atomic mass is 19.1. The Bertz CT molecular complexity index is 659. The Kier molecular flexibility index (Phi) is 3.70. The summed E-state index contributed by atoms with van der Waals surface area (Å²) in [6, 6.07) is 4.62. The molecule has 0 amide bonds. The monoisotopic (exact) mass is 289 g/mol. The number of halogens is 1. The molecular weight excluding hydrogens is 273 g/mol. The van der Waals surface area contributed by atoms with Gasteiger partial charge in [0.15, 0.2) is 17.4 Å². The van der Waals surface area contributed by atoms with Gasteiger partial charge in [-0.05, 0) is 18.2 Å². The van der Waals surface area contributed by atoms with Crippen molar-refractivity contribution in [2.75, 3.05) is 26.1 Å². The van der Waals surface area contributed by atoms with Crippen molar-refractivity contribution in [3.05, 3.63) is 35.3 Å². The lowest BCUT2D eigenvalue weighted by Crippen LogP contribution is -2.16. The van der Waals surface area contributed by atoms with Crippen LogP contribution in [0.3, 0.4) is 0 Å². The molecule has 2 aromatic rings. The highest BCUT2D eigenvalue weighted by Crippen LogP contribution is 2.28. The van der Waals surface area contributed by atoms with Crippen LogP contribution in [0.4, 0.5) is 10.2 Å².